The minimum absolute atomic E-state index is 0.0313. The van der Waals surface area contributed by atoms with Crippen LogP contribution in [0.25, 0.3) is 0 Å². The van der Waals surface area contributed by atoms with Crippen molar-refractivity contribution in [2.75, 3.05) is 13.2 Å². The second-order valence-corrected chi connectivity index (χ2v) is 16.7. The first-order valence-corrected chi connectivity index (χ1v) is 23.3. The SMILES string of the molecule is CCCCCCCCCCCCCCCCCCCC(=O)O[C@H](COC(=O)CCC/C=C\C[C@H]1[C@@H](O)CC(=O)[C@@H]1/C=C/[C@@H](O)CCCCC)COP(=O)(O)O. The molecule has 55 heavy (non-hydrogen) atoms. The Bertz CT molecular complexity index is 1100. The summed E-state index contributed by atoms with van der Waals surface area (Å²) in [5.41, 5.74) is 0. The summed E-state index contributed by atoms with van der Waals surface area (Å²) in [4.78, 5) is 55.5. The van der Waals surface area contributed by atoms with E-state index in [1.54, 1.807) is 12.2 Å². The van der Waals surface area contributed by atoms with Crippen LogP contribution in [0.2, 0.25) is 0 Å². The molecule has 0 amide bonds. The minimum Gasteiger partial charge on any atom is -0.462 e. The maximum atomic E-state index is 12.5. The summed E-state index contributed by atoms with van der Waals surface area (Å²) >= 11 is 0. The number of Topliss-reactive ketones (excluding diaryl/α,β-unsaturated/α-hetero) is 1. The van der Waals surface area contributed by atoms with Crippen molar-refractivity contribution >= 4 is 25.5 Å². The lowest BCUT2D eigenvalue weighted by atomic mass is 9.90. The van der Waals surface area contributed by atoms with Crippen LogP contribution >= 0.6 is 7.82 Å². The number of hydrogen-bond donors (Lipinski definition) is 4. The molecule has 320 valence electrons. The zero-order chi connectivity index (χ0) is 40.6. The van der Waals surface area contributed by atoms with Crippen molar-refractivity contribution in [1.82, 2.24) is 0 Å². The van der Waals surface area contributed by atoms with E-state index in [1.807, 2.05) is 12.2 Å². The van der Waals surface area contributed by atoms with E-state index in [1.165, 1.54) is 83.5 Å². The molecule has 1 fully saturated rings. The van der Waals surface area contributed by atoms with E-state index in [-0.39, 0.29) is 37.6 Å². The summed E-state index contributed by atoms with van der Waals surface area (Å²) in [6, 6.07) is 0. The van der Waals surface area contributed by atoms with Gasteiger partial charge in [0.2, 0.25) is 0 Å². The van der Waals surface area contributed by atoms with E-state index in [0.717, 1.165) is 38.5 Å². The number of esters is 2. The molecular weight excluding hydrogens is 723 g/mol. The van der Waals surface area contributed by atoms with E-state index in [0.29, 0.717) is 32.1 Å². The predicted molar refractivity (Wildman–Crippen MR) is 217 cm³/mol. The van der Waals surface area contributed by atoms with E-state index < -0.39 is 50.6 Å². The van der Waals surface area contributed by atoms with Crippen molar-refractivity contribution < 1.29 is 52.9 Å². The lowest BCUT2D eigenvalue weighted by Gasteiger charge is -2.18. The van der Waals surface area contributed by atoms with Crippen LogP contribution in [-0.2, 0) is 32.9 Å². The average Bonchev–Trinajstić information content (AvgIpc) is 3.41. The molecule has 0 aliphatic heterocycles. The lowest BCUT2D eigenvalue weighted by molar-refractivity contribution is -0.161. The highest BCUT2D eigenvalue weighted by Gasteiger charge is 2.39. The van der Waals surface area contributed by atoms with Crippen molar-refractivity contribution in [1.29, 1.82) is 0 Å². The van der Waals surface area contributed by atoms with Crippen LogP contribution < -0.4 is 0 Å². The van der Waals surface area contributed by atoms with Crippen LogP contribution in [0.4, 0.5) is 0 Å². The van der Waals surface area contributed by atoms with Gasteiger partial charge in [-0.15, -0.1) is 0 Å². The summed E-state index contributed by atoms with van der Waals surface area (Å²) in [5.74, 6) is -1.81. The molecule has 0 bridgehead atoms. The number of ketones is 1. The molecule has 0 aromatic heterocycles. The number of carbonyl (C=O) groups excluding carboxylic acids is 3. The first-order valence-electron chi connectivity index (χ1n) is 21.7. The van der Waals surface area contributed by atoms with Crippen molar-refractivity contribution in [2.24, 2.45) is 11.8 Å². The number of carbonyl (C=O) groups is 3. The fourth-order valence-corrected chi connectivity index (χ4v) is 7.36. The van der Waals surface area contributed by atoms with Gasteiger partial charge in [0.15, 0.2) is 6.10 Å². The molecule has 0 unspecified atom stereocenters. The lowest BCUT2D eigenvalue weighted by Crippen LogP contribution is -2.29. The molecule has 0 spiro atoms. The first kappa shape index (κ1) is 51.1. The number of allylic oxidation sites excluding steroid dienone is 3. The van der Waals surface area contributed by atoms with Gasteiger partial charge in [-0.05, 0) is 32.1 Å². The monoisotopic (exact) mass is 801 g/mol. The molecule has 4 N–H and O–H groups in total. The fraction of sp³-hybridized carbons (Fsp3) is 0.837. The van der Waals surface area contributed by atoms with Crippen LogP contribution in [0.1, 0.15) is 187 Å². The molecule has 0 heterocycles. The highest BCUT2D eigenvalue weighted by Crippen LogP contribution is 2.36. The smallest absolute Gasteiger partial charge is 0.462 e. The number of aliphatic hydroxyl groups excluding tert-OH is 2. The van der Waals surface area contributed by atoms with Gasteiger partial charge < -0.3 is 29.5 Å². The van der Waals surface area contributed by atoms with E-state index in [2.05, 4.69) is 18.4 Å². The van der Waals surface area contributed by atoms with Crippen molar-refractivity contribution in [2.45, 2.75) is 206 Å². The Kier molecular flexibility index (Phi) is 30.8. The Morgan fingerprint density at radius 1 is 0.745 bits per heavy atom. The van der Waals surface area contributed by atoms with Crippen LogP contribution in [0.3, 0.4) is 0 Å². The zero-order valence-corrected chi connectivity index (χ0v) is 35.2. The van der Waals surface area contributed by atoms with Crippen molar-refractivity contribution in [3.8, 4) is 0 Å². The number of unbranched alkanes of at least 4 members (excludes halogenated alkanes) is 19. The van der Waals surface area contributed by atoms with Gasteiger partial charge in [-0.1, -0.05) is 160 Å². The summed E-state index contributed by atoms with van der Waals surface area (Å²) in [7, 11) is -4.82. The van der Waals surface area contributed by atoms with Crippen LogP contribution in [0.5, 0.6) is 0 Å². The minimum atomic E-state index is -4.82. The summed E-state index contributed by atoms with van der Waals surface area (Å²) in [6.07, 6.45) is 31.2. The first-order chi connectivity index (χ1) is 26.5. The van der Waals surface area contributed by atoms with Gasteiger partial charge in [-0.25, -0.2) is 4.57 Å². The normalized spacial score (nSPS) is 18.7. The Morgan fingerprint density at radius 3 is 1.84 bits per heavy atom. The van der Waals surface area contributed by atoms with Crippen molar-refractivity contribution in [3.05, 3.63) is 24.3 Å². The van der Waals surface area contributed by atoms with E-state index in [9.17, 15) is 29.2 Å². The van der Waals surface area contributed by atoms with E-state index >= 15 is 0 Å². The third-order valence-electron chi connectivity index (χ3n) is 10.3. The van der Waals surface area contributed by atoms with Gasteiger partial charge in [-0.2, -0.15) is 0 Å². The Labute approximate surface area is 332 Å². The number of hydrogen-bond acceptors (Lipinski definition) is 9. The quantitative estimate of drug-likeness (QED) is 0.0205. The molecule has 0 aromatic carbocycles. The molecule has 1 saturated carbocycles. The molecule has 1 rings (SSSR count). The highest BCUT2D eigenvalue weighted by atomic mass is 31.2. The van der Waals surface area contributed by atoms with Crippen LogP contribution in [0, 0.1) is 11.8 Å². The Hall–Kier alpha value is -1.88. The van der Waals surface area contributed by atoms with Gasteiger partial charge in [-0.3, -0.25) is 18.9 Å². The third-order valence-corrected chi connectivity index (χ3v) is 10.8. The fourth-order valence-electron chi connectivity index (χ4n) is 7.00. The van der Waals surface area contributed by atoms with Gasteiger partial charge in [0.05, 0.1) is 18.8 Å². The second kappa shape index (κ2) is 33.1. The maximum absolute atomic E-state index is 12.5. The summed E-state index contributed by atoms with van der Waals surface area (Å²) in [5, 5.41) is 20.6. The Balaban J connectivity index is 2.26. The topological polar surface area (TPSA) is 177 Å². The van der Waals surface area contributed by atoms with Gasteiger partial charge >= 0.3 is 19.8 Å². The summed E-state index contributed by atoms with van der Waals surface area (Å²) < 4.78 is 26.4. The molecule has 11 nitrogen and oxygen atoms in total. The molecule has 1 aliphatic carbocycles. The predicted octanol–water partition coefficient (Wildman–Crippen LogP) is 9.77. The molecule has 12 heteroatoms. The zero-order valence-electron chi connectivity index (χ0n) is 34.3. The standard InChI is InChI=1S/C43H77O11P/c1-3-5-7-8-9-10-11-12-13-14-15-16-17-18-19-20-26-30-43(48)54-37(35-53-55(49,50)51)34-52-42(47)29-25-22-21-24-28-38-39(41(46)33-40(38)45)32-31-36(44)27-23-6-4-2/h21,24,31-32,36-40,44-45H,3-20,22-23,25-30,33-35H2,1-2H3,(H2,49,50,51)/b24-21-,32-31+/t36-,37+,38+,39+,40-/m0/s1. The van der Waals surface area contributed by atoms with Gasteiger partial charge in [0.1, 0.15) is 12.4 Å². The number of aliphatic hydroxyl groups is 2. The largest absolute Gasteiger partial charge is 0.469 e. The number of phosphoric acid groups is 1. The molecule has 0 saturated heterocycles. The molecular formula is C43H77O11P. The van der Waals surface area contributed by atoms with Crippen molar-refractivity contribution in [3.63, 3.8) is 0 Å². The number of phosphoric ester groups is 1. The molecule has 1 aliphatic rings. The van der Waals surface area contributed by atoms with E-state index in [4.69, 9.17) is 19.3 Å². The third kappa shape index (κ3) is 29.1. The average molecular weight is 801 g/mol. The van der Waals surface area contributed by atoms with Gasteiger partial charge in [0.25, 0.3) is 0 Å². The highest BCUT2D eigenvalue weighted by molar-refractivity contribution is 7.46. The number of ether oxygens (including phenoxy) is 2. The van der Waals surface area contributed by atoms with Crippen LogP contribution in [-0.4, -0.2) is 69.2 Å². The maximum Gasteiger partial charge on any atom is 0.469 e. The molecule has 0 aromatic rings. The van der Waals surface area contributed by atoms with Gasteiger partial charge in [0, 0.05) is 31.1 Å². The molecule has 0 radical (unpaired) electrons. The summed E-state index contributed by atoms with van der Waals surface area (Å²) in [6.45, 7) is 3.37. The Morgan fingerprint density at radius 2 is 1.27 bits per heavy atom. The van der Waals surface area contributed by atoms with Crippen LogP contribution in [0.15, 0.2) is 24.3 Å². The second-order valence-electron chi connectivity index (χ2n) is 15.5. The molecule has 5 atom stereocenters. The number of rotatable bonds is 36.